The van der Waals surface area contributed by atoms with Crippen molar-refractivity contribution in [3.05, 3.63) is 60.8 Å². The van der Waals surface area contributed by atoms with Crippen LogP contribution in [0.5, 0.6) is 0 Å². The molecular formula is C46H78O6. The van der Waals surface area contributed by atoms with Gasteiger partial charge >= 0.3 is 17.9 Å². The van der Waals surface area contributed by atoms with Crippen molar-refractivity contribution in [3.63, 3.8) is 0 Å². The van der Waals surface area contributed by atoms with E-state index in [1.165, 1.54) is 57.8 Å². The number of hydrogen-bond acceptors (Lipinski definition) is 6. The molecule has 0 aromatic carbocycles. The van der Waals surface area contributed by atoms with Crippen LogP contribution in [0.2, 0.25) is 0 Å². The number of hydrogen-bond donors (Lipinski definition) is 0. The second-order valence-electron chi connectivity index (χ2n) is 13.9. The van der Waals surface area contributed by atoms with Crippen LogP contribution in [-0.2, 0) is 28.6 Å². The second-order valence-corrected chi connectivity index (χ2v) is 13.9. The van der Waals surface area contributed by atoms with Crippen molar-refractivity contribution in [2.24, 2.45) is 0 Å². The number of unbranched alkanes of at least 4 members (excludes halogenated alkanes) is 18. The van der Waals surface area contributed by atoms with E-state index in [-0.39, 0.29) is 31.1 Å². The fraction of sp³-hybridized carbons (Fsp3) is 0.717. The van der Waals surface area contributed by atoms with Crippen LogP contribution in [0.25, 0.3) is 0 Å². The molecule has 298 valence electrons. The molecule has 0 heterocycles. The minimum atomic E-state index is -0.789. The molecule has 0 N–H and O–H groups in total. The van der Waals surface area contributed by atoms with Gasteiger partial charge in [-0.2, -0.15) is 0 Å². The van der Waals surface area contributed by atoms with E-state index in [9.17, 15) is 14.4 Å². The van der Waals surface area contributed by atoms with E-state index >= 15 is 0 Å². The van der Waals surface area contributed by atoms with E-state index in [4.69, 9.17) is 14.2 Å². The monoisotopic (exact) mass is 727 g/mol. The number of allylic oxidation sites excluding steroid dienone is 10. The maximum Gasteiger partial charge on any atom is 0.306 e. The summed E-state index contributed by atoms with van der Waals surface area (Å²) < 4.78 is 16.6. The minimum Gasteiger partial charge on any atom is -0.462 e. The first-order chi connectivity index (χ1) is 25.5. The predicted molar refractivity (Wildman–Crippen MR) is 219 cm³/mol. The third-order valence-electron chi connectivity index (χ3n) is 8.83. The number of esters is 3. The lowest BCUT2D eigenvalue weighted by molar-refractivity contribution is -0.167. The predicted octanol–water partition coefficient (Wildman–Crippen LogP) is 13.4. The Balaban J connectivity index is 4.43. The molecule has 0 spiro atoms. The first kappa shape index (κ1) is 49.1. The normalized spacial score (nSPS) is 12.6. The molecule has 0 rings (SSSR count). The Labute approximate surface area is 320 Å². The molecule has 6 nitrogen and oxygen atoms in total. The van der Waals surface area contributed by atoms with Gasteiger partial charge in [-0.1, -0.05) is 171 Å². The largest absolute Gasteiger partial charge is 0.462 e. The van der Waals surface area contributed by atoms with Crippen LogP contribution >= 0.6 is 0 Å². The zero-order valence-corrected chi connectivity index (χ0v) is 33.8. The van der Waals surface area contributed by atoms with E-state index < -0.39 is 6.10 Å². The molecule has 0 radical (unpaired) electrons. The number of rotatable bonds is 37. The number of carbonyl (C=O) groups excluding carboxylic acids is 3. The zero-order valence-electron chi connectivity index (χ0n) is 33.8. The highest BCUT2D eigenvalue weighted by atomic mass is 16.6. The van der Waals surface area contributed by atoms with Crippen LogP contribution < -0.4 is 0 Å². The molecule has 0 aliphatic rings. The highest BCUT2D eigenvalue weighted by molar-refractivity contribution is 5.71. The van der Waals surface area contributed by atoms with Gasteiger partial charge in [0.2, 0.25) is 0 Å². The van der Waals surface area contributed by atoms with Crippen LogP contribution in [0.4, 0.5) is 0 Å². The summed E-state index contributed by atoms with van der Waals surface area (Å²) in [6.07, 6.45) is 47.8. The average Bonchev–Trinajstić information content (AvgIpc) is 3.14. The van der Waals surface area contributed by atoms with Gasteiger partial charge in [0.1, 0.15) is 13.2 Å². The third kappa shape index (κ3) is 38.3. The van der Waals surface area contributed by atoms with Crippen molar-refractivity contribution < 1.29 is 28.6 Å². The summed E-state index contributed by atoms with van der Waals surface area (Å²) in [5.41, 5.74) is 0. The molecule has 0 amide bonds. The molecule has 0 bridgehead atoms. The van der Waals surface area contributed by atoms with Gasteiger partial charge in [0.05, 0.1) is 0 Å². The molecule has 0 aliphatic carbocycles. The van der Waals surface area contributed by atoms with Crippen molar-refractivity contribution in [3.8, 4) is 0 Å². The first-order valence-corrected chi connectivity index (χ1v) is 21.3. The fourth-order valence-electron chi connectivity index (χ4n) is 5.65. The molecule has 0 aliphatic heterocycles. The quantitative estimate of drug-likeness (QED) is 0.0208. The van der Waals surface area contributed by atoms with Crippen LogP contribution in [0, 0.1) is 0 Å². The van der Waals surface area contributed by atoms with Gasteiger partial charge in [-0.25, -0.2) is 0 Å². The van der Waals surface area contributed by atoms with Crippen molar-refractivity contribution >= 4 is 17.9 Å². The van der Waals surface area contributed by atoms with Crippen LogP contribution in [0.15, 0.2) is 60.8 Å². The Morgan fingerprint density at radius 1 is 0.423 bits per heavy atom. The van der Waals surface area contributed by atoms with Crippen LogP contribution in [0.1, 0.15) is 194 Å². The summed E-state index contributed by atoms with van der Waals surface area (Å²) in [5.74, 6) is -0.957. The molecule has 0 saturated heterocycles. The van der Waals surface area contributed by atoms with Gasteiger partial charge in [0.25, 0.3) is 0 Å². The summed E-state index contributed by atoms with van der Waals surface area (Å²) in [6.45, 7) is 6.30. The standard InChI is InChI=1S/C46H78O6/c1-4-7-10-13-16-19-21-23-25-27-30-33-36-39-45(48)51-42-43(41-50-44(47)38-35-32-29-26-18-15-12-9-6-3)52-46(49)40-37-34-31-28-24-22-20-17-14-11-8-5-2/h7,9-10,12-13,16,18-19,21,26,43H,4-6,8,11,14-15,17,20,22-25,27-42H2,1-3H3/b10-7-,12-9-,16-13-,21-19-,26-18-. The Morgan fingerprint density at radius 3 is 1.40 bits per heavy atom. The zero-order chi connectivity index (χ0) is 38.0. The van der Waals surface area contributed by atoms with Crippen molar-refractivity contribution in [2.45, 2.75) is 200 Å². The maximum atomic E-state index is 12.7. The Kier molecular flexibility index (Phi) is 38.6. The number of ether oxygens (including phenoxy) is 3. The van der Waals surface area contributed by atoms with Gasteiger partial charge in [-0.05, 0) is 64.2 Å². The molecule has 6 heteroatoms. The molecule has 52 heavy (non-hydrogen) atoms. The first-order valence-electron chi connectivity index (χ1n) is 21.3. The topological polar surface area (TPSA) is 78.9 Å². The SMILES string of the molecule is CC\C=C/C=C\C=C/CCCCCCCC(=O)OCC(COC(=O)CCCC/C=C\C/C=C\CC)OC(=O)CCCCCCCCCCCCCC. The van der Waals surface area contributed by atoms with E-state index in [1.807, 2.05) is 0 Å². The summed E-state index contributed by atoms with van der Waals surface area (Å²) in [5, 5.41) is 0. The van der Waals surface area contributed by atoms with Gasteiger partial charge in [0.15, 0.2) is 6.10 Å². The lowest BCUT2D eigenvalue weighted by Gasteiger charge is -2.18. The summed E-state index contributed by atoms with van der Waals surface area (Å²) in [7, 11) is 0. The fourth-order valence-corrected chi connectivity index (χ4v) is 5.65. The van der Waals surface area contributed by atoms with E-state index in [0.717, 1.165) is 96.3 Å². The molecule has 1 atom stereocenters. The molecule has 0 aromatic heterocycles. The second kappa shape index (κ2) is 40.9. The number of carbonyl (C=O) groups is 3. The highest BCUT2D eigenvalue weighted by Crippen LogP contribution is 2.14. The van der Waals surface area contributed by atoms with E-state index in [0.29, 0.717) is 19.3 Å². The smallest absolute Gasteiger partial charge is 0.306 e. The molecular weight excluding hydrogens is 648 g/mol. The van der Waals surface area contributed by atoms with Crippen molar-refractivity contribution in [1.29, 1.82) is 0 Å². The van der Waals surface area contributed by atoms with Gasteiger partial charge in [-0.15, -0.1) is 0 Å². The minimum absolute atomic E-state index is 0.0947. The molecule has 0 saturated carbocycles. The Bertz CT molecular complexity index is 975. The third-order valence-corrected chi connectivity index (χ3v) is 8.83. The van der Waals surface area contributed by atoms with Crippen LogP contribution in [-0.4, -0.2) is 37.2 Å². The summed E-state index contributed by atoms with van der Waals surface area (Å²) in [6, 6.07) is 0. The summed E-state index contributed by atoms with van der Waals surface area (Å²) in [4.78, 5) is 37.6. The molecule has 0 aromatic rings. The lowest BCUT2D eigenvalue weighted by Crippen LogP contribution is -2.30. The molecule has 0 fully saturated rings. The van der Waals surface area contributed by atoms with Crippen molar-refractivity contribution in [2.75, 3.05) is 13.2 Å². The van der Waals surface area contributed by atoms with E-state index in [2.05, 4.69) is 81.5 Å². The van der Waals surface area contributed by atoms with Gasteiger partial charge in [-0.3, -0.25) is 14.4 Å². The summed E-state index contributed by atoms with van der Waals surface area (Å²) >= 11 is 0. The Hall–Kier alpha value is -2.89. The van der Waals surface area contributed by atoms with Gasteiger partial charge in [0, 0.05) is 19.3 Å². The molecule has 1 unspecified atom stereocenters. The lowest BCUT2D eigenvalue weighted by atomic mass is 10.0. The van der Waals surface area contributed by atoms with E-state index in [1.54, 1.807) is 0 Å². The highest BCUT2D eigenvalue weighted by Gasteiger charge is 2.19. The Morgan fingerprint density at radius 2 is 0.846 bits per heavy atom. The van der Waals surface area contributed by atoms with Crippen molar-refractivity contribution in [1.82, 2.24) is 0 Å². The van der Waals surface area contributed by atoms with Gasteiger partial charge < -0.3 is 14.2 Å². The van der Waals surface area contributed by atoms with Crippen LogP contribution in [0.3, 0.4) is 0 Å². The maximum absolute atomic E-state index is 12.7. The average molecular weight is 727 g/mol.